The van der Waals surface area contributed by atoms with Crippen molar-refractivity contribution < 1.29 is 23.1 Å². The summed E-state index contributed by atoms with van der Waals surface area (Å²) in [5.41, 5.74) is 8.83. The molecule has 3 aromatic carbocycles. The number of nitrogens with zero attached hydrogens (tertiary/aromatic N) is 1. The van der Waals surface area contributed by atoms with E-state index in [4.69, 9.17) is 5.73 Å². The molecule has 7 nitrogen and oxygen atoms in total. The summed E-state index contributed by atoms with van der Waals surface area (Å²) in [6, 6.07) is 20.7. The first-order valence-electron chi connectivity index (χ1n) is 11.7. The Hall–Kier alpha value is -3.98. The largest absolute Gasteiger partial charge is 0.435 e. The molecule has 1 atom stereocenters. The van der Waals surface area contributed by atoms with Crippen LogP contribution < -0.4 is 21.1 Å². The van der Waals surface area contributed by atoms with Crippen molar-refractivity contribution in [2.24, 2.45) is 11.7 Å². The van der Waals surface area contributed by atoms with E-state index in [2.05, 4.69) is 20.3 Å². The second-order valence-corrected chi connectivity index (χ2v) is 8.70. The quantitative estimate of drug-likeness (QED) is 0.390. The van der Waals surface area contributed by atoms with Gasteiger partial charge in [-0.1, -0.05) is 24.3 Å². The number of hydrogen-bond donors (Lipinski definition) is 3. The van der Waals surface area contributed by atoms with Gasteiger partial charge in [-0.2, -0.15) is 8.78 Å². The van der Waals surface area contributed by atoms with Crippen LogP contribution in [0, 0.1) is 5.92 Å². The highest BCUT2D eigenvalue weighted by molar-refractivity contribution is 6.08. The number of hydrogen-bond acceptors (Lipinski definition) is 5. The zero-order valence-corrected chi connectivity index (χ0v) is 19.6. The first-order chi connectivity index (χ1) is 17.4. The summed E-state index contributed by atoms with van der Waals surface area (Å²) in [6.07, 6.45) is 1.79. The van der Waals surface area contributed by atoms with Gasteiger partial charge in [0.05, 0.1) is 17.2 Å². The third-order valence-electron chi connectivity index (χ3n) is 6.06. The lowest BCUT2D eigenvalue weighted by molar-refractivity contribution is -0.123. The second-order valence-electron chi connectivity index (χ2n) is 8.70. The van der Waals surface area contributed by atoms with Crippen molar-refractivity contribution in [1.29, 1.82) is 0 Å². The molecule has 1 aliphatic heterocycles. The first kappa shape index (κ1) is 25.1. The number of piperidine rings is 1. The van der Waals surface area contributed by atoms with Crippen LogP contribution in [0.5, 0.6) is 5.75 Å². The zero-order chi connectivity index (χ0) is 25.5. The molecule has 0 bridgehead atoms. The fourth-order valence-electron chi connectivity index (χ4n) is 4.25. The SMILES string of the molecule is NC(=O)C1CCCN(Cc2ccc(NC(=O)c3ccccc3Nc3ccc(OC(F)F)cc3)cc2)C1. The number of likely N-dealkylation sites (tertiary alicyclic amines) is 1. The van der Waals surface area contributed by atoms with Crippen molar-refractivity contribution in [3.63, 3.8) is 0 Å². The highest BCUT2D eigenvalue weighted by Crippen LogP contribution is 2.25. The number of alkyl halides is 2. The number of ether oxygens (including phenoxy) is 1. The topological polar surface area (TPSA) is 96.7 Å². The van der Waals surface area contributed by atoms with Crippen LogP contribution in [-0.2, 0) is 11.3 Å². The minimum atomic E-state index is -2.89. The number of rotatable bonds is 9. The summed E-state index contributed by atoms with van der Waals surface area (Å²) in [5.74, 6) is -0.581. The van der Waals surface area contributed by atoms with Crippen molar-refractivity contribution in [3.05, 3.63) is 83.9 Å². The minimum Gasteiger partial charge on any atom is -0.435 e. The van der Waals surface area contributed by atoms with Crippen LogP contribution in [0.4, 0.5) is 25.8 Å². The van der Waals surface area contributed by atoms with Gasteiger partial charge < -0.3 is 21.1 Å². The van der Waals surface area contributed by atoms with E-state index in [0.29, 0.717) is 35.7 Å². The van der Waals surface area contributed by atoms with Crippen LogP contribution >= 0.6 is 0 Å². The number of anilines is 3. The number of para-hydroxylation sites is 1. The molecule has 0 aromatic heterocycles. The molecule has 0 aliphatic carbocycles. The molecule has 36 heavy (non-hydrogen) atoms. The molecule has 3 aromatic rings. The molecule has 0 radical (unpaired) electrons. The smallest absolute Gasteiger partial charge is 0.387 e. The molecular formula is C27H28F2N4O3. The van der Waals surface area contributed by atoms with E-state index in [1.165, 1.54) is 12.1 Å². The molecule has 9 heteroatoms. The van der Waals surface area contributed by atoms with Crippen molar-refractivity contribution in [1.82, 2.24) is 4.90 Å². The van der Waals surface area contributed by atoms with E-state index in [-0.39, 0.29) is 23.5 Å². The Labute approximate surface area is 208 Å². The van der Waals surface area contributed by atoms with Crippen LogP contribution in [0.15, 0.2) is 72.8 Å². The van der Waals surface area contributed by atoms with Gasteiger partial charge in [-0.05, 0) is 73.5 Å². The number of carbonyl (C=O) groups excluding carboxylic acids is 2. The van der Waals surface area contributed by atoms with Gasteiger partial charge in [-0.25, -0.2) is 0 Å². The maximum Gasteiger partial charge on any atom is 0.387 e. The van der Waals surface area contributed by atoms with Crippen LogP contribution in [0.2, 0.25) is 0 Å². The summed E-state index contributed by atoms with van der Waals surface area (Å²) >= 11 is 0. The average molecular weight is 495 g/mol. The van der Waals surface area contributed by atoms with Gasteiger partial charge in [-0.3, -0.25) is 14.5 Å². The Kier molecular flexibility index (Phi) is 8.12. The van der Waals surface area contributed by atoms with Gasteiger partial charge in [0.1, 0.15) is 5.75 Å². The van der Waals surface area contributed by atoms with E-state index in [1.807, 2.05) is 24.3 Å². The first-order valence-corrected chi connectivity index (χ1v) is 11.7. The lowest BCUT2D eigenvalue weighted by Crippen LogP contribution is -2.40. The minimum absolute atomic E-state index is 0.0537. The zero-order valence-electron chi connectivity index (χ0n) is 19.6. The monoisotopic (exact) mass is 494 g/mol. The molecule has 2 amide bonds. The molecule has 1 fully saturated rings. The molecule has 4 rings (SSSR count). The number of nitrogens with one attached hydrogen (secondary N) is 2. The number of halogens is 2. The molecule has 1 unspecified atom stereocenters. The Morgan fingerprint density at radius 3 is 2.39 bits per heavy atom. The van der Waals surface area contributed by atoms with Gasteiger partial charge >= 0.3 is 6.61 Å². The van der Waals surface area contributed by atoms with Gasteiger partial charge in [0.2, 0.25) is 5.91 Å². The van der Waals surface area contributed by atoms with Crippen molar-refractivity contribution in [2.75, 3.05) is 23.7 Å². The maximum absolute atomic E-state index is 13.0. The van der Waals surface area contributed by atoms with Crippen LogP contribution in [0.25, 0.3) is 0 Å². The normalized spacial score (nSPS) is 15.9. The number of primary amides is 1. The predicted octanol–water partition coefficient (Wildman–Crippen LogP) is 4.98. The Morgan fingerprint density at radius 1 is 1.00 bits per heavy atom. The number of amides is 2. The Balaban J connectivity index is 1.37. The lowest BCUT2D eigenvalue weighted by Gasteiger charge is -2.31. The van der Waals surface area contributed by atoms with E-state index in [9.17, 15) is 18.4 Å². The van der Waals surface area contributed by atoms with E-state index in [1.54, 1.807) is 36.4 Å². The summed E-state index contributed by atoms with van der Waals surface area (Å²) in [4.78, 5) is 26.7. The predicted molar refractivity (Wildman–Crippen MR) is 134 cm³/mol. The summed E-state index contributed by atoms with van der Waals surface area (Å²) in [6.45, 7) is -0.583. The fraction of sp³-hybridized carbons (Fsp3) is 0.259. The van der Waals surface area contributed by atoms with Gasteiger partial charge in [0.15, 0.2) is 0 Å². The average Bonchev–Trinajstić information content (AvgIpc) is 2.86. The van der Waals surface area contributed by atoms with Crippen molar-refractivity contribution in [2.45, 2.75) is 26.0 Å². The third kappa shape index (κ3) is 6.79. The summed E-state index contributed by atoms with van der Waals surface area (Å²) in [7, 11) is 0. The number of carbonyl (C=O) groups is 2. The third-order valence-corrected chi connectivity index (χ3v) is 6.06. The lowest BCUT2D eigenvalue weighted by atomic mass is 9.97. The molecule has 0 spiro atoms. The van der Waals surface area contributed by atoms with Crippen LogP contribution in [0.1, 0.15) is 28.8 Å². The van der Waals surface area contributed by atoms with Gasteiger partial charge in [-0.15, -0.1) is 0 Å². The fourth-order valence-corrected chi connectivity index (χ4v) is 4.25. The van der Waals surface area contributed by atoms with Gasteiger partial charge in [0, 0.05) is 24.5 Å². The van der Waals surface area contributed by atoms with Crippen molar-refractivity contribution in [3.8, 4) is 5.75 Å². The molecule has 1 aliphatic rings. The highest BCUT2D eigenvalue weighted by atomic mass is 19.3. The number of nitrogens with two attached hydrogens (primary N) is 1. The molecular weight excluding hydrogens is 466 g/mol. The second kappa shape index (κ2) is 11.6. The summed E-state index contributed by atoms with van der Waals surface area (Å²) in [5, 5.41) is 6.05. The molecule has 1 saturated heterocycles. The maximum atomic E-state index is 13.0. The molecule has 0 saturated carbocycles. The van der Waals surface area contributed by atoms with Crippen LogP contribution in [-0.4, -0.2) is 36.4 Å². The van der Waals surface area contributed by atoms with E-state index in [0.717, 1.165) is 24.9 Å². The van der Waals surface area contributed by atoms with E-state index < -0.39 is 6.61 Å². The standard InChI is InChI=1S/C27H28F2N4O3/c28-27(29)36-22-13-11-20(12-14-22)31-24-6-2-1-5-23(24)26(35)32-21-9-7-18(8-10-21)16-33-15-3-4-19(17-33)25(30)34/h1-2,5-14,19,27,31H,3-4,15-17H2,(H2,30,34)(H,32,35). The number of benzene rings is 3. The molecule has 4 N–H and O–H groups in total. The Morgan fingerprint density at radius 2 is 1.69 bits per heavy atom. The van der Waals surface area contributed by atoms with Gasteiger partial charge in [0.25, 0.3) is 5.91 Å². The molecule has 1 heterocycles. The Bertz CT molecular complexity index is 1190. The van der Waals surface area contributed by atoms with Crippen LogP contribution in [0.3, 0.4) is 0 Å². The summed E-state index contributed by atoms with van der Waals surface area (Å²) < 4.78 is 29.1. The van der Waals surface area contributed by atoms with E-state index >= 15 is 0 Å². The highest BCUT2D eigenvalue weighted by Gasteiger charge is 2.23. The van der Waals surface area contributed by atoms with Crippen molar-refractivity contribution >= 4 is 28.9 Å². The molecule has 188 valence electrons.